The molecule has 1 rings (SSSR count). The lowest BCUT2D eigenvalue weighted by Gasteiger charge is -2.16. The third kappa shape index (κ3) is 5.39. The van der Waals surface area contributed by atoms with Gasteiger partial charge >= 0.3 is 6.03 Å². The van der Waals surface area contributed by atoms with Crippen LogP contribution in [0, 0.1) is 0 Å². The number of hydrogen-bond acceptors (Lipinski definition) is 4. The third-order valence-electron chi connectivity index (χ3n) is 2.51. The number of rotatable bonds is 5. The second-order valence-corrected chi connectivity index (χ2v) is 4.15. The van der Waals surface area contributed by atoms with Crippen molar-refractivity contribution < 1.29 is 14.3 Å². The van der Waals surface area contributed by atoms with E-state index in [1.807, 2.05) is 36.2 Å². The van der Waals surface area contributed by atoms with Gasteiger partial charge in [0.2, 0.25) is 5.91 Å². The van der Waals surface area contributed by atoms with E-state index in [-0.39, 0.29) is 12.5 Å². The van der Waals surface area contributed by atoms with Crippen LogP contribution in [0.5, 0.6) is 5.75 Å². The zero-order chi connectivity index (χ0) is 14.3. The molecule has 0 aliphatic carbocycles. The molecule has 1 aromatic carbocycles. The first kappa shape index (κ1) is 15.0. The van der Waals surface area contributed by atoms with Gasteiger partial charge in [0.25, 0.3) is 0 Å². The summed E-state index contributed by atoms with van der Waals surface area (Å²) in [5.41, 5.74) is 1.07. The van der Waals surface area contributed by atoms with Gasteiger partial charge in [-0.3, -0.25) is 15.0 Å². The van der Waals surface area contributed by atoms with Crippen LogP contribution in [0.4, 0.5) is 4.79 Å². The Morgan fingerprint density at radius 3 is 2.42 bits per heavy atom. The molecule has 0 heterocycles. The van der Waals surface area contributed by atoms with Crippen LogP contribution < -0.4 is 15.4 Å². The minimum Gasteiger partial charge on any atom is -0.497 e. The fourth-order valence-corrected chi connectivity index (χ4v) is 1.57. The molecule has 0 saturated carbocycles. The minimum atomic E-state index is -0.497. The molecule has 19 heavy (non-hydrogen) atoms. The SMILES string of the molecule is CNC(=O)NC(=O)CN(C)Cc1ccc(OC)cc1. The van der Waals surface area contributed by atoms with Crippen molar-refractivity contribution in [3.63, 3.8) is 0 Å². The van der Waals surface area contributed by atoms with Crippen LogP contribution in [0.25, 0.3) is 0 Å². The van der Waals surface area contributed by atoms with Crippen LogP contribution in [0.3, 0.4) is 0 Å². The van der Waals surface area contributed by atoms with Gasteiger partial charge in [0, 0.05) is 13.6 Å². The van der Waals surface area contributed by atoms with E-state index >= 15 is 0 Å². The van der Waals surface area contributed by atoms with E-state index in [9.17, 15) is 9.59 Å². The molecule has 0 aromatic heterocycles. The zero-order valence-corrected chi connectivity index (χ0v) is 11.4. The van der Waals surface area contributed by atoms with Gasteiger partial charge in [-0.2, -0.15) is 0 Å². The fourth-order valence-electron chi connectivity index (χ4n) is 1.57. The Morgan fingerprint density at radius 1 is 1.26 bits per heavy atom. The molecule has 0 unspecified atom stereocenters. The summed E-state index contributed by atoms with van der Waals surface area (Å²) >= 11 is 0. The van der Waals surface area contributed by atoms with Gasteiger partial charge in [0.15, 0.2) is 0 Å². The molecular weight excluding hydrogens is 246 g/mol. The van der Waals surface area contributed by atoms with Crippen LogP contribution in [0.1, 0.15) is 5.56 Å². The maximum Gasteiger partial charge on any atom is 0.321 e. The highest BCUT2D eigenvalue weighted by Crippen LogP contribution is 2.12. The van der Waals surface area contributed by atoms with Crippen molar-refractivity contribution in [1.29, 1.82) is 0 Å². The number of imide groups is 1. The lowest BCUT2D eigenvalue weighted by molar-refractivity contribution is -0.120. The molecule has 1 aromatic rings. The highest BCUT2D eigenvalue weighted by molar-refractivity contribution is 5.95. The molecule has 104 valence electrons. The molecule has 0 spiro atoms. The second-order valence-electron chi connectivity index (χ2n) is 4.15. The summed E-state index contributed by atoms with van der Waals surface area (Å²) < 4.78 is 5.07. The highest BCUT2D eigenvalue weighted by Gasteiger charge is 2.09. The van der Waals surface area contributed by atoms with E-state index in [0.29, 0.717) is 6.54 Å². The summed E-state index contributed by atoms with van der Waals surface area (Å²) in [7, 11) is 4.89. The van der Waals surface area contributed by atoms with Crippen molar-refractivity contribution in [2.45, 2.75) is 6.54 Å². The topological polar surface area (TPSA) is 70.7 Å². The van der Waals surface area contributed by atoms with E-state index in [4.69, 9.17) is 4.74 Å². The Labute approximate surface area is 112 Å². The van der Waals surface area contributed by atoms with Crippen LogP contribution >= 0.6 is 0 Å². The summed E-state index contributed by atoms with van der Waals surface area (Å²) in [4.78, 5) is 24.3. The number of likely N-dealkylation sites (N-methyl/N-ethyl adjacent to an activating group) is 1. The van der Waals surface area contributed by atoms with E-state index < -0.39 is 6.03 Å². The van der Waals surface area contributed by atoms with Crippen molar-refractivity contribution in [1.82, 2.24) is 15.5 Å². The molecule has 0 aliphatic heterocycles. The maximum absolute atomic E-state index is 11.5. The Hall–Kier alpha value is -2.08. The van der Waals surface area contributed by atoms with Crippen LogP contribution in [0.15, 0.2) is 24.3 Å². The molecule has 3 amide bonds. The van der Waals surface area contributed by atoms with Gasteiger partial charge < -0.3 is 10.1 Å². The van der Waals surface area contributed by atoms with E-state index in [2.05, 4.69) is 10.6 Å². The molecule has 0 saturated heterocycles. The van der Waals surface area contributed by atoms with Crippen LogP contribution in [-0.4, -0.2) is 44.6 Å². The molecule has 0 bridgehead atoms. The first-order valence-corrected chi connectivity index (χ1v) is 5.88. The standard InChI is InChI=1S/C13H19N3O3/c1-14-13(18)15-12(17)9-16(2)8-10-4-6-11(19-3)7-5-10/h4-7H,8-9H2,1-3H3,(H2,14,15,17,18). The summed E-state index contributed by atoms with van der Waals surface area (Å²) in [6.07, 6.45) is 0. The van der Waals surface area contributed by atoms with Crippen LogP contribution in [0.2, 0.25) is 0 Å². The third-order valence-corrected chi connectivity index (χ3v) is 2.51. The largest absolute Gasteiger partial charge is 0.497 e. The first-order valence-electron chi connectivity index (χ1n) is 5.88. The monoisotopic (exact) mass is 265 g/mol. The van der Waals surface area contributed by atoms with Gasteiger partial charge in [-0.05, 0) is 24.7 Å². The van der Waals surface area contributed by atoms with Crippen molar-refractivity contribution >= 4 is 11.9 Å². The number of hydrogen-bond donors (Lipinski definition) is 2. The number of urea groups is 1. The molecule has 0 atom stereocenters. The number of carbonyl (C=O) groups is 2. The Balaban J connectivity index is 2.43. The average Bonchev–Trinajstić information content (AvgIpc) is 2.39. The average molecular weight is 265 g/mol. The number of nitrogens with zero attached hydrogens (tertiary/aromatic N) is 1. The van der Waals surface area contributed by atoms with Gasteiger partial charge in [-0.15, -0.1) is 0 Å². The number of methoxy groups -OCH3 is 1. The minimum absolute atomic E-state index is 0.152. The van der Waals surface area contributed by atoms with E-state index in [1.165, 1.54) is 7.05 Å². The highest BCUT2D eigenvalue weighted by atomic mass is 16.5. The number of benzene rings is 1. The smallest absolute Gasteiger partial charge is 0.321 e. The fraction of sp³-hybridized carbons (Fsp3) is 0.385. The first-order chi connectivity index (χ1) is 9.05. The quantitative estimate of drug-likeness (QED) is 0.817. The van der Waals surface area contributed by atoms with Crippen molar-refractivity contribution in [3.05, 3.63) is 29.8 Å². The van der Waals surface area contributed by atoms with Crippen LogP contribution in [-0.2, 0) is 11.3 Å². The molecule has 6 heteroatoms. The molecule has 2 N–H and O–H groups in total. The second kappa shape index (κ2) is 7.38. The predicted octanol–water partition coefficient (Wildman–Crippen LogP) is 0.583. The molecule has 0 radical (unpaired) electrons. The normalized spacial score (nSPS) is 10.1. The lowest BCUT2D eigenvalue weighted by Crippen LogP contribution is -2.42. The van der Waals surface area contributed by atoms with Gasteiger partial charge in [-0.25, -0.2) is 4.79 Å². The molecular formula is C13H19N3O3. The summed E-state index contributed by atoms with van der Waals surface area (Å²) in [5, 5.41) is 4.54. The Morgan fingerprint density at radius 2 is 1.89 bits per heavy atom. The molecule has 0 aliphatic rings. The molecule has 6 nitrogen and oxygen atoms in total. The van der Waals surface area contributed by atoms with Crippen molar-refractivity contribution in [3.8, 4) is 5.75 Å². The number of carbonyl (C=O) groups excluding carboxylic acids is 2. The summed E-state index contributed by atoms with van der Waals surface area (Å²) in [5.74, 6) is 0.458. The zero-order valence-electron chi connectivity index (χ0n) is 11.4. The Kier molecular flexibility index (Phi) is 5.81. The predicted molar refractivity (Wildman–Crippen MR) is 71.9 cm³/mol. The van der Waals surface area contributed by atoms with Crippen molar-refractivity contribution in [2.24, 2.45) is 0 Å². The maximum atomic E-state index is 11.5. The Bertz CT molecular complexity index is 431. The summed E-state index contributed by atoms with van der Waals surface area (Å²) in [6.45, 7) is 0.768. The molecule has 0 fully saturated rings. The number of amides is 3. The van der Waals surface area contributed by atoms with Crippen molar-refractivity contribution in [2.75, 3.05) is 27.7 Å². The summed E-state index contributed by atoms with van der Waals surface area (Å²) in [6, 6.07) is 7.11. The van der Waals surface area contributed by atoms with Gasteiger partial charge in [-0.1, -0.05) is 12.1 Å². The van der Waals surface area contributed by atoms with E-state index in [0.717, 1.165) is 11.3 Å². The lowest BCUT2D eigenvalue weighted by atomic mass is 10.2. The number of nitrogens with one attached hydrogen (secondary N) is 2. The number of ether oxygens (including phenoxy) is 1. The van der Waals surface area contributed by atoms with E-state index in [1.54, 1.807) is 7.11 Å². The van der Waals surface area contributed by atoms with Gasteiger partial charge in [0.1, 0.15) is 5.75 Å². The van der Waals surface area contributed by atoms with Gasteiger partial charge in [0.05, 0.1) is 13.7 Å².